The molecule has 0 spiro atoms. The van der Waals surface area contributed by atoms with Crippen molar-refractivity contribution in [2.45, 2.75) is 41.5 Å². The summed E-state index contributed by atoms with van der Waals surface area (Å²) in [6, 6.07) is 0. The maximum atomic E-state index is 11.4. The Kier molecular flexibility index (Phi) is 4.88. The van der Waals surface area contributed by atoms with E-state index in [2.05, 4.69) is 35.5 Å². The Balaban J connectivity index is 4.49. The van der Waals surface area contributed by atoms with E-state index in [0.29, 0.717) is 0 Å². The van der Waals surface area contributed by atoms with E-state index in [-0.39, 0.29) is 11.2 Å². The third-order valence-corrected chi connectivity index (χ3v) is 1.48. The zero-order chi connectivity index (χ0) is 12.8. The second kappa shape index (κ2) is 5.44. The summed E-state index contributed by atoms with van der Waals surface area (Å²) in [4.78, 5) is 11.4. The van der Waals surface area contributed by atoms with Gasteiger partial charge in [-0.15, -0.1) is 0 Å². The van der Waals surface area contributed by atoms with E-state index in [9.17, 15) is 4.79 Å². The molecule has 0 aliphatic heterocycles. The molecular weight excluding hydrogens is 196 g/mol. The summed E-state index contributed by atoms with van der Waals surface area (Å²) in [5.41, 5.74) is -0.477. The molecule has 0 rings (SSSR count). The van der Waals surface area contributed by atoms with Gasteiger partial charge in [0.15, 0.2) is 0 Å². The monoisotopic (exact) mass is 214 g/mol. The second-order valence-corrected chi connectivity index (χ2v) is 5.58. The van der Waals surface area contributed by atoms with Gasteiger partial charge in [0.2, 0.25) is 5.78 Å². The van der Waals surface area contributed by atoms with E-state index in [4.69, 9.17) is 0 Å². The van der Waals surface area contributed by atoms with Gasteiger partial charge in [-0.1, -0.05) is 26.7 Å². The molecule has 0 aromatic rings. The van der Waals surface area contributed by atoms with Gasteiger partial charge >= 0.3 is 0 Å². The summed E-state index contributed by atoms with van der Waals surface area (Å²) in [7, 11) is 0. The van der Waals surface area contributed by atoms with Crippen molar-refractivity contribution in [2.75, 3.05) is 0 Å². The third-order valence-electron chi connectivity index (χ3n) is 1.48. The van der Waals surface area contributed by atoms with E-state index < -0.39 is 5.41 Å². The van der Waals surface area contributed by atoms with Crippen molar-refractivity contribution in [3.63, 3.8) is 0 Å². The lowest BCUT2D eigenvalue weighted by Crippen LogP contribution is -2.17. The summed E-state index contributed by atoms with van der Waals surface area (Å²) in [5.74, 6) is 15.7. The van der Waals surface area contributed by atoms with Crippen molar-refractivity contribution < 1.29 is 4.79 Å². The third kappa shape index (κ3) is 7.73. The summed E-state index contributed by atoms with van der Waals surface area (Å²) in [6.07, 6.45) is 0. The Morgan fingerprint density at radius 2 is 1.31 bits per heavy atom. The van der Waals surface area contributed by atoms with Crippen LogP contribution in [0.3, 0.4) is 0 Å². The average Bonchev–Trinajstić information content (AvgIpc) is 2.07. The average molecular weight is 214 g/mol. The molecule has 0 aliphatic carbocycles. The molecule has 1 heteroatoms. The fourth-order valence-corrected chi connectivity index (χ4v) is 0.557. The highest BCUT2D eigenvalue weighted by atomic mass is 16.1. The van der Waals surface area contributed by atoms with E-state index in [1.807, 2.05) is 41.5 Å². The number of carbonyl (C=O) groups excluding carboxylic acids is 1. The van der Waals surface area contributed by atoms with Crippen LogP contribution in [0.4, 0.5) is 0 Å². The highest BCUT2D eigenvalue weighted by Gasteiger charge is 2.18. The molecule has 0 N–H and O–H groups in total. The highest BCUT2D eigenvalue weighted by Crippen LogP contribution is 2.13. The van der Waals surface area contributed by atoms with Crippen molar-refractivity contribution in [3.8, 4) is 35.5 Å². The second-order valence-electron chi connectivity index (χ2n) is 5.58. The maximum Gasteiger partial charge on any atom is 0.211 e. The molecular formula is C15H18O. The zero-order valence-corrected chi connectivity index (χ0v) is 10.9. The number of Topliss-reactive ketones (excluding diaryl/α,β-unsaturated/α-hetero) is 1. The fourth-order valence-electron chi connectivity index (χ4n) is 0.557. The molecule has 0 fully saturated rings. The molecule has 0 aliphatic rings. The van der Waals surface area contributed by atoms with Crippen molar-refractivity contribution in [1.82, 2.24) is 0 Å². The molecule has 0 amide bonds. The Morgan fingerprint density at radius 3 is 1.75 bits per heavy atom. The molecule has 0 aromatic heterocycles. The highest BCUT2D eigenvalue weighted by molar-refractivity contribution is 5.99. The van der Waals surface area contributed by atoms with Crippen LogP contribution in [0.15, 0.2) is 0 Å². The molecule has 1 nitrogen and oxygen atoms in total. The Bertz CT molecular complexity index is 434. The topological polar surface area (TPSA) is 17.1 Å². The Morgan fingerprint density at radius 1 is 0.812 bits per heavy atom. The van der Waals surface area contributed by atoms with Crippen molar-refractivity contribution >= 4 is 5.78 Å². The quantitative estimate of drug-likeness (QED) is 0.447. The van der Waals surface area contributed by atoms with Gasteiger partial charge in [-0.3, -0.25) is 4.79 Å². The van der Waals surface area contributed by atoms with Gasteiger partial charge in [-0.25, -0.2) is 0 Å². The summed E-state index contributed by atoms with van der Waals surface area (Å²) >= 11 is 0. The normalized spacial score (nSPS) is 9.88. The minimum absolute atomic E-state index is 0.0522. The van der Waals surface area contributed by atoms with Crippen LogP contribution < -0.4 is 0 Å². The Labute approximate surface area is 99.0 Å². The van der Waals surface area contributed by atoms with Crippen LogP contribution in [-0.2, 0) is 4.79 Å². The predicted molar refractivity (Wildman–Crippen MR) is 67.2 cm³/mol. The first-order chi connectivity index (χ1) is 7.13. The van der Waals surface area contributed by atoms with Gasteiger partial charge in [0.1, 0.15) is 0 Å². The van der Waals surface area contributed by atoms with Crippen molar-refractivity contribution in [3.05, 3.63) is 0 Å². The summed E-state index contributed by atoms with van der Waals surface area (Å²) in [6.45, 7) is 11.5. The summed E-state index contributed by atoms with van der Waals surface area (Å²) in [5, 5.41) is 0. The van der Waals surface area contributed by atoms with Crippen LogP contribution >= 0.6 is 0 Å². The SMILES string of the molecule is CC(C)(C)C#CC#CC#CC(=O)C(C)(C)C. The lowest BCUT2D eigenvalue weighted by atomic mass is 9.91. The lowest BCUT2D eigenvalue weighted by molar-refractivity contribution is -0.120. The number of carbonyl (C=O) groups is 1. The maximum absolute atomic E-state index is 11.4. The van der Waals surface area contributed by atoms with Gasteiger partial charge in [0.25, 0.3) is 0 Å². The fraction of sp³-hybridized carbons (Fsp3) is 0.533. The Hall–Kier alpha value is -1.65. The standard InChI is InChI=1S/C15H18O/c1-14(2,3)12-10-8-7-9-11-13(16)15(4,5)6/h1-6H3. The minimum Gasteiger partial charge on any atom is -0.284 e. The van der Waals surface area contributed by atoms with Crippen LogP contribution in [-0.4, -0.2) is 5.78 Å². The van der Waals surface area contributed by atoms with Gasteiger partial charge in [0.05, 0.1) is 0 Å². The first-order valence-corrected chi connectivity index (χ1v) is 5.20. The minimum atomic E-state index is -0.425. The van der Waals surface area contributed by atoms with E-state index >= 15 is 0 Å². The van der Waals surface area contributed by atoms with Crippen LogP contribution in [0.5, 0.6) is 0 Å². The van der Waals surface area contributed by atoms with Crippen LogP contribution in [0.1, 0.15) is 41.5 Å². The number of rotatable bonds is 0. The zero-order valence-electron chi connectivity index (χ0n) is 10.9. The van der Waals surface area contributed by atoms with Crippen molar-refractivity contribution in [2.24, 2.45) is 10.8 Å². The molecule has 0 saturated heterocycles. The predicted octanol–water partition coefficient (Wildman–Crippen LogP) is 2.66. The smallest absolute Gasteiger partial charge is 0.211 e. The summed E-state index contributed by atoms with van der Waals surface area (Å²) < 4.78 is 0. The van der Waals surface area contributed by atoms with Gasteiger partial charge < -0.3 is 0 Å². The number of hydrogen-bond acceptors (Lipinski definition) is 1. The molecule has 16 heavy (non-hydrogen) atoms. The van der Waals surface area contributed by atoms with Gasteiger partial charge in [-0.05, 0) is 50.4 Å². The molecule has 0 unspecified atom stereocenters. The largest absolute Gasteiger partial charge is 0.284 e. The lowest BCUT2D eigenvalue weighted by Gasteiger charge is -2.10. The van der Waals surface area contributed by atoms with Gasteiger partial charge in [0, 0.05) is 10.8 Å². The molecule has 0 aromatic carbocycles. The van der Waals surface area contributed by atoms with Crippen LogP contribution in [0.2, 0.25) is 0 Å². The van der Waals surface area contributed by atoms with Crippen LogP contribution in [0.25, 0.3) is 0 Å². The van der Waals surface area contributed by atoms with E-state index in [1.165, 1.54) is 0 Å². The van der Waals surface area contributed by atoms with Crippen molar-refractivity contribution in [1.29, 1.82) is 0 Å². The molecule has 0 bridgehead atoms. The number of hydrogen-bond donors (Lipinski definition) is 0. The molecule has 0 saturated carbocycles. The first-order valence-electron chi connectivity index (χ1n) is 5.20. The molecule has 0 heterocycles. The van der Waals surface area contributed by atoms with E-state index in [0.717, 1.165) is 0 Å². The van der Waals surface area contributed by atoms with E-state index in [1.54, 1.807) is 0 Å². The van der Waals surface area contributed by atoms with Crippen LogP contribution in [0, 0.1) is 46.4 Å². The number of ketones is 1. The first kappa shape index (κ1) is 14.3. The molecule has 0 atom stereocenters. The van der Waals surface area contributed by atoms with Gasteiger partial charge in [-0.2, -0.15) is 0 Å². The molecule has 0 radical (unpaired) electrons. The molecule has 84 valence electrons.